The van der Waals surface area contributed by atoms with E-state index in [2.05, 4.69) is 31.7 Å². The van der Waals surface area contributed by atoms with Gasteiger partial charge in [0, 0.05) is 49.6 Å². The lowest BCUT2D eigenvalue weighted by molar-refractivity contribution is 0.183. The molecule has 4 rings (SSSR count). The van der Waals surface area contributed by atoms with Crippen LogP contribution in [0.4, 0.5) is 10.5 Å². The van der Waals surface area contributed by atoms with E-state index in [1.165, 1.54) is 5.56 Å². The smallest absolute Gasteiger partial charge is 0.319 e. The van der Waals surface area contributed by atoms with Gasteiger partial charge in [-0.15, -0.1) is 0 Å². The van der Waals surface area contributed by atoms with E-state index in [4.69, 9.17) is 0 Å². The maximum atomic E-state index is 12.4. The summed E-state index contributed by atoms with van der Waals surface area (Å²) in [7, 11) is 1.91. The molecule has 7 heteroatoms. The van der Waals surface area contributed by atoms with Crippen LogP contribution < -0.4 is 10.6 Å². The Labute approximate surface area is 158 Å². The van der Waals surface area contributed by atoms with Crippen LogP contribution >= 0.6 is 0 Å². The van der Waals surface area contributed by atoms with Crippen molar-refractivity contribution in [2.45, 2.75) is 25.4 Å². The van der Waals surface area contributed by atoms with E-state index < -0.39 is 0 Å². The predicted octanol–water partition coefficient (Wildman–Crippen LogP) is 2.75. The normalized spacial score (nSPS) is 17.7. The summed E-state index contributed by atoms with van der Waals surface area (Å²) in [6.07, 6.45) is 7.57. The zero-order valence-electron chi connectivity index (χ0n) is 15.4. The second-order valence-electron chi connectivity index (χ2n) is 7.08. The molecule has 1 saturated heterocycles. The second-order valence-corrected chi connectivity index (χ2v) is 7.08. The van der Waals surface area contributed by atoms with E-state index in [1.807, 2.05) is 42.2 Å². The fraction of sp³-hybridized carbons (Fsp3) is 0.350. The van der Waals surface area contributed by atoms with E-state index >= 15 is 0 Å². The van der Waals surface area contributed by atoms with Gasteiger partial charge in [-0.2, -0.15) is 5.10 Å². The molecule has 2 amide bonds. The van der Waals surface area contributed by atoms with E-state index in [1.54, 1.807) is 12.4 Å². The molecule has 3 heterocycles. The SMILES string of the molecule is Cn1ncc2cc(NC(=O)N[C@@H]3CCCN(Cc4cccnc4)C3)ccc21. The van der Waals surface area contributed by atoms with Crippen LogP contribution in [-0.2, 0) is 13.6 Å². The average Bonchev–Trinajstić information content (AvgIpc) is 3.03. The minimum Gasteiger partial charge on any atom is -0.334 e. The third-order valence-electron chi connectivity index (χ3n) is 4.97. The molecular weight excluding hydrogens is 340 g/mol. The molecule has 27 heavy (non-hydrogen) atoms. The van der Waals surface area contributed by atoms with Crippen molar-refractivity contribution >= 4 is 22.6 Å². The van der Waals surface area contributed by atoms with E-state index in [0.29, 0.717) is 0 Å². The summed E-state index contributed by atoms with van der Waals surface area (Å²) >= 11 is 0. The molecule has 7 nitrogen and oxygen atoms in total. The highest BCUT2D eigenvalue weighted by Gasteiger charge is 2.21. The number of aromatic nitrogens is 3. The summed E-state index contributed by atoms with van der Waals surface area (Å²) in [5.41, 5.74) is 3.02. The third-order valence-corrected chi connectivity index (χ3v) is 4.97. The molecule has 1 aliphatic heterocycles. The highest BCUT2D eigenvalue weighted by molar-refractivity contribution is 5.92. The molecule has 3 aromatic rings. The zero-order valence-corrected chi connectivity index (χ0v) is 15.4. The van der Waals surface area contributed by atoms with E-state index in [9.17, 15) is 4.79 Å². The van der Waals surface area contributed by atoms with Crippen molar-refractivity contribution < 1.29 is 4.79 Å². The summed E-state index contributed by atoms with van der Waals surface area (Å²) in [5, 5.41) is 11.3. The molecule has 1 atom stereocenters. The Balaban J connectivity index is 1.32. The van der Waals surface area contributed by atoms with Crippen LogP contribution in [0.3, 0.4) is 0 Å². The molecule has 1 aromatic carbocycles. The van der Waals surface area contributed by atoms with Crippen LogP contribution in [0.1, 0.15) is 18.4 Å². The van der Waals surface area contributed by atoms with Crippen molar-refractivity contribution in [3.8, 4) is 0 Å². The number of hydrogen-bond donors (Lipinski definition) is 2. The van der Waals surface area contributed by atoms with Gasteiger partial charge >= 0.3 is 6.03 Å². The first-order chi connectivity index (χ1) is 13.2. The van der Waals surface area contributed by atoms with Gasteiger partial charge in [0.15, 0.2) is 0 Å². The lowest BCUT2D eigenvalue weighted by Crippen LogP contribution is -2.48. The van der Waals surface area contributed by atoms with E-state index in [-0.39, 0.29) is 12.1 Å². The van der Waals surface area contributed by atoms with Crippen LogP contribution in [0.15, 0.2) is 48.9 Å². The van der Waals surface area contributed by atoms with Crippen LogP contribution in [0.25, 0.3) is 10.9 Å². The highest BCUT2D eigenvalue weighted by atomic mass is 16.2. The molecule has 0 saturated carbocycles. The van der Waals surface area contributed by atoms with Crippen molar-refractivity contribution in [1.82, 2.24) is 25.0 Å². The Kier molecular flexibility index (Phi) is 5.02. The quantitative estimate of drug-likeness (QED) is 0.746. The minimum atomic E-state index is -0.161. The van der Waals surface area contributed by atoms with Gasteiger partial charge in [-0.3, -0.25) is 14.6 Å². The molecular formula is C20H24N6O. The number of carbonyl (C=O) groups is 1. The number of rotatable bonds is 4. The van der Waals surface area contributed by atoms with Crippen molar-refractivity contribution in [1.29, 1.82) is 0 Å². The van der Waals surface area contributed by atoms with Crippen LogP contribution in [0, 0.1) is 0 Å². The predicted molar refractivity (Wildman–Crippen MR) is 105 cm³/mol. The molecule has 140 valence electrons. The Morgan fingerprint density at radius 3 is 3.07 bits per heavy atom. The Morgan fingerprint density at radius 1 is 1.30 bits per heavy atom. The lowest BCUT2D eigenvalue weighted by atomic mass is 10.1. The monoisotopic (exact) mass is 364 g/mol. The first kappa shape index (κ1) is 17.5. The van der Waals surface area contributed by atoms with Gasteiger partial charge < -0.3 is 10.6 Å². The number of carbonyl (C=O) groups excluding carboxylic acids is 1. The van der Waals surface area contributed by atoms with Crippen LogP contribution in [-0.4, -0.2) is 44.8 Å². The fourth-order valence-corrected chi connectivity index (χ4v) is 3.66. The lowest BCUT2D eigenvalue weighted by Gasteiger charge is -2.33. The first-order valence-corrected chi connectivity index (χ1v) is 9.28. The van der Waals surface area contributed by atoms with Gasteiger partial charge in [-0.1, -0.05) is 6.07 Å². The summed E-state index contributed by atoms with van der Waals surface area (Å²) in [6, 6.07) is 9.85. The second kappa shape index (κ2) is 7.75. The number of likely N-dealkylation sites (tertiary alicyclic amines) is 1. The number of aryl methyl sites for hydroxylation is 1. The maximum absolute atomic E-state index is 12.4. The van der Waals surface area contributed by atoms with Crippen molar-refractivity contribution in [2.75, 3.05) is 18.4 Å². The van der Waals surface area contributed by atoms with Gasteiger partial charge in [-0.05, 0) is 49.2 Å². The number of fused-ring (bicyclic) bond motifs is 1. The molecule has 0 bridgehead atoms. The fourth-order valence-electron chi connectivity index (χ4n) is 3.66. The topological polar surface area (TPSA) is 75.1 Å². The average molecular weight is 364 g/mol. The molecule has 1 aliphatic rings. The number of pyridine rings is 1. The van der Waals surface area contributed by atoms with Crippen molar-refractivity contribution in [3.63, 3.8) is 0 Å². The summed E-state index contributed by atoms with van der Waals surface area (Å²) in [5.74, 6) is 0. The van der Waals surface area contributed by atoms with Gasteiger partial charge in [-0.25, -0.2) is 4.79 Å². The molecule has 2 aromatic heterocycles. The Hall–Kier alpha value is -2.93. The molecule has 0 unspecified atom stereocenters. The number of nitrogens with one attached hydrogen (secondary N) is 2. The molecule has 0 aliphatic carbocycles. The number of urea groups is 1. The van der Waals surface area contributed by atoms with Gasteiger partial charge in [0.2, 0.25) is 0 Å². The number of nitrogens with zero attached hydrogens (tertiary/aromatic N) is 4. The molecule has 2 N–H and O–H groups in total. The maximum Gasteiger partial charge on any atom is 0.319 e. The first-order valence-electron chi connectivity index (χ1n) is 9.28. The van der Waals surface area contributed by atoms with Crippen LogP contribution in [0.5, 0.6) is 0 Å². The Morgan fingerprint density at radius 2 is 2.22 bits per heavy atom. The molecule has 0 radical (unpaired) electrons. The van der Waals surface area contributed by atoms with Gasteiger partial charge in [0.1, 0.15) is 0 Å². The largest absolute Gasteiger partial charge is 0.334 e. The summed E-state index contributed by atoms with van der Waals surface area (Å²) < 4.78 is 1.82. The van der Waals surface area contributed by atoms with E-state index in [0.717, 1.165) is 49.1 Å². The minimum absolute atomic E-state index is 0.151. The van der Waals surface area contributed by atoms with Gasteiger partial charge in [0.05, 0.1) is 11.7 Å². The van der Waals surface area contributed by atoms with Gasteiger partial charge in [0.25, 0.3) is 0 Å². The zero-order chi connectivity index (χ0) is 18.6. The van der Waals surface area contributed by atoms with Crippen LogP contribution in [0.2, 0.25) is 0 Å². The number of hydrogen-bond acceptors (Lipinski definition) is 4. The Bertz CT molecular complexity index is 923. The highest BCUT2D eigenvalue weighted by Crippen LogP contribution is 2.18. The summed E-state index contributed by atoms with van der Waals surface area (Å²) in [6.45, 7) is 2.77. The molecule has 0 spiro atoms. The third kappa shape index (κ3) is 4.25. The number of amides is 2. The standard InChI is InChI=1S/C20H24N6O/c1-25-19-7-6-17(10-16(19)12-22-25)23-20(27)24-18-5-3-9-26(14-18)13-15-4-2-8-21-11-15/h2,4,6-8,10-12,18H,3,5,9,13-14H2,1H3,(H2,23,24,27)/t18-/m1/s1. The number of anilines is 1. The number of benzene rings is 1. The van der Waals surface area contributed by atoms with Crippen molar-refractivity contribution in [2.24, 2.45) is 7.05 Å². The number of piperidine rings is 1. The molecule has 1 fully saturated rings. The van der Waals surface area contributed by atoms with Crippen molar-refractivity contribution in [3.05, 3.63) is 54.5 Å². The summed E-state index contributed by atoms with van der Waals surface area (Å²) in [4.78, 5) is 19.0.